The van der Waals surface area contributed by atoms with Gasteiger partial charge in [-0.3, -0.25) is 0 Å². The van der Waals surface area contributed by atoms with Crippen molar-refractivity contribution in [1.29, 1.82) is 0 Å². The molecule has 3 rings (SSSR count). The van der Waals surface area contributed by atoms with E-state index in [1.54, 1.807) is 0 Å². The molecule has 4 heteroatoms. The summed E-state index contributed by atoms with van der Waals surface area (Å²) in [7, 11) is 0. The van der Waals surface area contributed by atoms with Crippen molar-refractivity contribution in [2.75, 3.05) is 0 Å². The van der Waals surface area contributed by atoms with Crippen LogP contribution in [0.1, 0.15) is 61.8 Å². The molecule has 0 saturated heterocycles. The summed E-state index contributed by atoms with van der Waals surface area (Å²) in [6.07, 6.45) is 5.18. The van der Waals surface area contributed by atoms with Crippen LogP contribution < -0.4 is 0 Å². The topological polar surface area (TPSA) is 12.4 Å². The largest absolute Gasteiger partial charge is 0.204 e. The highest BCUT2D eigenvalue weighted by molar-refractivity contribution is 7.78. The smallest absolute Gasteiger partial charge is 0.153 e. The average Bonchev–Trinajstić information content (AvgIpc) is 2.85. The summed E-state index contributed by atoms with van der Waals surface area (Å²) in [6.45, 7) is 4.18. The lowest BCUT2D eigenvalue weighted by molar-refractivity contribution is 0.588. The molecule has 3 aromatic carbocycles. The monoisotopic (exact) mass is 469 g/mol. The average molecular weight is 470 g/mol. The zero-order valence-corrected chi connectivity index (χ0v) is 20.2. The Morgan fingerprint density at radius 1 is 0.794 bits per heavy atom. The van der Waals surface area contributed by atoms with E-state index in [2.05, 4.69) is 47.8 Å². The predicted octanol–water partition coefficient (Wildman–Crippen LogP) is 8.26. The number of benzene rings is 3. The van der Waals surface area contributed by atoms with Crippen molar-refractivity contribution in [2.45, 2.75) is 46.0 Å². The fourth-order valence-electron chi connectivity index (χ4n) is 3.53. The van der Waals surface area contributed by atoms with E-state index in [0.717, 1.165) is 40.7 Å². The number of hydrogen-bond acceptors (Lipinski definition) is 2. The first-order valence-electron chi connectivity index (χ1n) is 11.4. The summed E-state index contributed by atoms with van der Waals surface area (Å²) in [6, 6.07) is 16.1. The highest BCUT2D eigenvalue weighted by Gasteiger charge is 2.13. The van der Waals surface area contributed by atoms with Crippen LogP contribution in [-0.2, 0) is 6.42 Å². The highest BCUT2D eigenvalue weighted by Crippen LogP contribution is 2.31. The van der Waals surface area contributed by atoms with Gasteiger partial charge in [0.1, 0.15) is 5.69 Å². The summed E-state index contributed by atoms with van der Waals surface area (Å²) < 4.78 is 28.6. The Bertz CT molecular complexity index is 1310. The molecule has 3 aromatic rings. The molecule has 0 spiro atoms. The summed E-state index contributed by atoms with van der Waals surface area (Å²) in [4.78, 5) is 3.47. The van der Waals surface area contributed by atoms with Crippen molar-refractivity contribution in [3.8, 4) is 34.8 Å². The van der Waals surface area contributed by atoms with Gasteiger partial charge in [-0.05, 0) is 90.3 Å². The molecule has 0 saturated carbocycles. The first kappa shape index (κ1) is 25.1. The van der Waals surface area contributed by atoms with Crippen LogP contribution in [0, 0.1) is 35.3 Å². The lowest BCUT2D eigenvalue weighted by Crippen LogP contribution is -1.92. The lowest BCUT2D eigenvalue weighted by atomic mass is 9.95. The Kier molecular flexibility index (Phi) is 9.30. The number of thiocarbonyl (C=S) groups is 1. The molecule has 0 amide bonds. The summed E-state index contributed by atoms with van der Waals surface area (Å²) in [5.41, 5.74) is 4.45. The fraction of sp³-hybridized carbons (Fsp3) is 0.233. The van der Waals surface area contributed by atoms with E-state index in [1.807, 2.05) is 54.5 Å². The van der Waals surface area contributed by atoms with Gasteiger partial charge in [0.05, 0.1) is 5.16 Å². The third kappa shape index (κ3) is 6.72. The molecule has 0 atom stereocenters. The zero-order chi connectivity index (χ0) is 24.3. The molecule has 0 aliphatic rings. The van der Waals surface area contributed by atoms with Gasteiger partial charge in [0, 0.05) is 23.1 Å². The second kappa shape index (κ2) is 12.6. The van der Waals surface area contributed by atoms with Gasteiger partial charge < -0.3 is 0 Å². The van der Waals surface area contributed by atoms with Gasteiger partial charge in [-0.15, -0.1) is 0 Å². The first-order valence-corrected chi connectivity index (χ1v) is 11.8. The second-order valence-electron chi connectivity index (χ2n) is 7.80. The Morgan fingerprint density at radius 3 is 2.03 bits per heavy atom. The van der Waals surface area contributed by atoms with Crippen LogP contribution >= 0.6 is 12.2 Å². The number of aliphatic imine (C=N–C) groups is 1. The third-order valence-corrected chi connectivity index (χ3v) is 5.44. The molecule has 0 N–H and O–H groups in total. The molecule has 0 bridgehead atoms. The molecule has 1 nitrogen and oxygen atoms in total. The van der Waals surface area contributed by atoms with Crippen molar-refractivity contribution in [1.82, 2.24) is 0 Å². The summed E-state index contributed by atoms with van der Waals surface area (Å²) >= 11 is 4.46. The number of nitrogens with zero attached hydrogens (tertiary/aromatic N) is 1. The molecule has 0 heterocycles. The highest BCUT2D eigenvalue weighted by atomic mass is 32.1. The molecule has 34 heavy (non-hydrogen) atoms. The molecular weight excluding hydrogens is 444 g/mol. The van der Waals surface area contributed by atoms with Gasteiger partial charge in [-0.2, -0.15) is 4.99 Å². The Labute approximate surface area is 206 Å². The maximum absolute atomic E-state index is 14.3. The lowest BCUT2D eigenvalue weighted by Gasteiger charge is -2.10. The van der Waals surface area contributed by atoms with Crippen molar-refractivity contribution < 1.29 is 8.78 Å². The van der Waals surface area contributed by atoms with Crippen LogP contribution in [-0.4, -0.2) is 5.16 Å². The predicted molar refractivity (Wildman–Crippen MR) is 139 cm³/mol. The molecule has 0 aromatic heterocycles. The standard InChI is InChI=1S/C30H25F2NS/c1-3-5-6-7-8-9-22-10-12-23(13-11-22)14-15-24-16-17-27(25(4-2)18-24)26-19-28(31)30(33-21-34)29(32)20-26/h10-13,16-20H,3-7H2,1-2H3. The van der Waals surface area contributed by atoms with Crippen LogP contribution in [0.3, 0.4) is 0 Å². The number of rotatable bonds is 6. The van der Waals surface area contributed by atoms with Gasteiger partial charge in [0.2, 0.25) is 0 Å². The fourth-order valence-corrected chi connectivity index (χ4v) is 3.62. The molecule has 0 aliphatic heterocycles. The Morgan fingerprint density at radius 2 is 1.41 bits per heavy atom. The summed E-state index contributed by atoms with van der Waals surface area (Å²) in [5.74, 6) is 11.2. The number of unbranched alkanes of at least 4 members (excludes halogenated alkanes) is 3. The van der Waals surface area contributed by atoms with Gasteiger partial charge in [-0.25, -0.2) is 8.78 Å². The van der Waals surface area contributed by atoms with Gasteiger partial charge in [-0.1, -0.05) is 56.4 Å². The molecule has 0 unspecified atom stereocenters. The van der Waals surface area contributed by atoms with E-state index < -0.39 is 17.3 Å². The van der Waals surface area contributed by atoms with Crippen LogP contribution in [0.5, 0.6) is 0 Å². The van der Waals surface area contributed by atoms with Crippen molar-refractivity contribution in [3.63, 3.8) is 0 Å². The first-order chi connectivity index (χ1) is 16.5. The number of halogens is 2. The van der Waals surface area contributed by atoms with Crippen molar-refractivity contribution in [2.24, 2.45) is 4.99 Å². The molecular formula is C30H25F2NS. The molecule has 0 fully saturated rings. The van der Waals surface area contributed by atoms with Gasteiger partial charge >= 0.3 is 0 Å². The number of aryl methyl sites for hydroxylation is 1. The van der Waals surface area contributed by atoms with Crippen molar-refractivity contribution >= 4 is 23.1 Å². The van der Waals surface area contributed by atoms with Gasteiger partial charge in [0.15, 0.2) is 11.6 Å². The Balaban J connectivity index is 1.79. The van der Waals surface area contributed by atoms with E-state index in [9.17, 15) is 8.78 Å². The van der Waals surface area contributed by atoms with E-state index >= 15 is 0 Å². The van der Waals surface area contributed by atoms with Gasteiger partial charge in [0.25, 0.3) is 0 Å². The minimum absolute atomic E-state index is 0.423. The minimum Gasteiger partial charge on any atom is -0.204 e. The van der Waals surface area contributed by atoms with Crippen LogP contribution in [0.15, 0.2) is 59.6 Å². The van der Waals surface area contributed by atoms with E-state index in [0.29, 0.717) is 12.0 Å². The second-order valence-corrected chi connectivity index (χ2v) is 7.99. The SMILES string of the molecule is CCCCCC#Cc1ccc(C#Cc2ccc(-c3cc(F)c(N=C=S)c(F)c3)c(CC)c2)cc1. The quantitative estimate of drug-likeness (QED) is 0.153. The van der Waals surface area contributed by atoms with E-state index in [-0.39, 0.29) is 0 Å². The van der Waals surface area contributed by atoms with Crippen LogP contribution in [0.25, 0.3) is 11.1 Å². The third-order valence-electron chi connectivity index (χ3n) is 5.35. The minimum atomic E-state index is -0.771. The zero-order valence-electron chi connectivity index (χ0n) is 19.3. The molecule has 170 valence electrons. The maximum Gasteiger partial charge on any atom is 0.153 e. The number of isothiocyanates is 1. The molecule has 0 radical (unpaired) electrons. The van der Waals surface area contributed by atoms with Crippen LogP contribution in [0.4, 0.5) is 14.5 Å². The molecule has 0 aliphatic carbocycles. The Hall–Kier alpha value is -3.56. The maximum atomic E-state index is 14.3. The van der Waals surface area contributed by atoms with Crippen LogP contribution in [0.2, 0.25) is 0 Å². The van der Waals surface area contributed by atoms with Crippen molar-refractivity contribution in [3.05, 3.63) is 88.5 Å². The van der Waals surface area contributed by atoms with E-state index in [4.69, 9.17) is 0 Å². The normalized spacial score (nSPS) is 9.88. The van der Waals surface area contributed by atoms with E-state index in [1.165, 1.54) is 25.0 Å². The summed E-state index contributed by atoms with van der Waals surface area (Å²) in [5, 5.41) is 2.01. The number of hydrogen-bond donors (Lipinski definition) is 0.